The lowest BCUT2D eigenvalue weighted by Gasteiger charge is -2.24. The Morgan fingerprint density at radius 3 is 1.98 bits per heavy atom. The molecule has 0 fully saturated rings. The van der Waals surface area contributed by atoms with Crippen LogP contribution in [0.5, 0.6) is 0 Å². The summed E-state index contributed by atoms with van der Waals surface area (Å²) in [6, 6.07) is 42.4. The zero-order valence-corrected chi connectivity index (χ0v) is 25.7. The molecule has 0 saturated carbocycles. The van der Waals surface area contributed by atoms with E-state index in [0.29, 0.717) is 17.6 Å². The first-order valence-electron chi connectivity index (χ1n) is 15.2. The van der Waals surface area contributed by atoms with Crippen molar-refractivity contribution in [2.45, 2.75) is 18.7 Å². The molecule has 2 aliphatic rings. The average Bonchev–Trinajstić information content (AvgIpc) is 3.52. The van der Waals surface area contributed by atoms with Gasteiger partial charge in [-0.2, -0.15) is 9.97 Å². The van der Waals surface area contributed by atoms with Crippen molar-refractivity contribution in [2.75, 3.05) is 0 Å². The van der Waals surface area contributed by atoms with E-state index in [-0.39, 0.29) is 5.41 Å². The van der Waals surface area contributed by atoms with E-state index in [1.54, 1.807) is 0 Å². The van der Waals surface area contributed by atoms with Crippen molar-refractivity contribution in [3.8, 4) is 39.9 Å². The molecule has 1 aliphatic heterocycles. The van der Waals surface area contributed by atoms with Crippen LogP contribution < -0.4 is 0 Å². The molecule has 5 heteroatoms. The first kappa shape index (κ1) is 26.2. The van der Waals surface area contributed by atoms with E-state index in [0.717, 1.165) is 22.2 Å². The monoisotopic (exact) mass is 596 g/mol. The van der Waals surface area contributed by atoms with E-state index in [1.165, 1.54) is 42.8 Å². The maximum absolute atomic E-state index is 5.14. The summed E-state index contributed by atoms with van der Waals surface area (Å²) in [6.07, 6.45) is 4.65. The predicted molar refractivity (Wildman–Crippen MR) is 186 cm³/mol. The Kier molecular flexibility index (Phi) is 5.74. The number of para-hydroxylation sites is 1. The molecule has 9 rings (SSSR count). The third-order valence-corrected chi connectivity index (χ3v) is 10.0. The van der Waals surface area contributed by atoms with E-state index >= 15 is 0 Å². The van der Waals surface area contributed by atoms with Crippen LogP contribution in [0.15, 0.2) is 143 Å². The second-order valence-corrected chi connectivity index (χ2v) is 13.2. The molecule has 0 spiro atoms. The molecule has 2 aromatic heterocycles. The molecule has 0 bridgehead atoms. The maximum atomic E-state index is 5.14. The number of allylic oxidation sites excluding steroid dienone is 3. The van der Waals surface area contributed by atoms with Gasteiger partial charge in [-0.15, -0.1) is 0 Å². The lowest BCUT2D eigenvalue weighted by Crippen LogP contribution is -2.09. The minimum atomic E-state index is -0.0748. The van der Waals surface area contributed by atoms with Crippen molar-refractivity contribution >= 4 is 39.1 Å². The van der Waals surface area contributed by atoms with Crippen molar-refractivity contribution in [1.29, 1.82) is 0 Å². The summed E-state index contributed by atoms with van der Waals surface area (Å²) in [5.74, 6) is 1.90. The van der Waals surface area contributed by atoms with E-state index in [9.17, 15) is 0 Å². The Morgan fingerprint density at radius 1 is 0.600 bits per heavy atom. The highest BCUT2D eigenvalue weighted by atomic mass is 32.2. The first-order valence-corrected chi connectivity index (χ1v) is 16.0. The lowest BCUT2D eigenvalue weighted by molar-refractivity contribution is 0.659. The molecule has 1 aliphatic carbocycles. The Labute approximate surface area is 265 Å². The Bertz CT molecular complexity index is 2310. The topological polar surface area (TPSA) is 43.6 Å². The quantitative estimate of drug-likeness (QED) is 0.204. The molecular weight excluding hydrogens is 569 g/mol. The van der Waals surface area contributed by atoms with Crippen LogP contribution in [0.1, 0.15) is 19.4 Å². The average molecular weight is 597 g/mol. The van der Waals surface area contributed by atoms with Crippen LogP contribution >= 0.6 is 11.8 Å². The number of aromatic nitrogens is 4. The van der Waals surface area contributed by atoms with Crippen LogP contribution in [0.2, 0.25) is 0 Å². The minimum Gasteiger partial charge on any atom is -0.278 e. The number of fused-ring (bicyclic) bond motifs is 8. The predicted octanol–water partition coefficient (Wildman–Crippen LogP) is 10.4. The Hall–Kier alpha value is -5.26. The largest absolute Gasteiger partial charge is 0.278 e. The van der Waals surface area contributed by atoms with Gasteiger partial charge in [0.25, 0.3) is 0 Å². The SMILES string of the molecule is CC1(C)C=CC2=C1c1ccc3c(c1-c1ccccc1S2)c1ccccc1n3-c1nc(-c2ccccc2)nc(-c2ccccc2)n1. The third-order valence-electron chi connectivity index (χ3n) is 8.91. The molecule has 45 heavy (non-hydrogen) atoms. The smallest absolute Gasteiger partial charge is 0.238 e. The molecule has 3 heterocycles. The molecular formula is C40H28N4S. The van der Waals surface area contributed by atoms with Gasteiger partial charge in [-0.25, -0.2) is 4.98 Å². The van der Waals surface area contributed by atoms with E-state index < -0.39 is 0 Å². The zero-order valence-electron chi connectivity index (χ0n) is 24.9. The minimum absolute atomic E-state index is 0.0748. The molecule has 214 valence electrons. The van der Waals surface area contributed by atoms with Gasteiger partial charge in [0.2, 0.25) is 5.95 Å². The summed E-state index contributed by atoms with van der Waals surface area (Å²) < 4.78 is 2.22. The van der Waals surface area contributed by atoms with Crippen LogP contribution in [-0.4, -0.2) is 19.5 Å². The van der Waals surface area contributed by atoms with Crippen LogP contribution in [0.4, 0.5) is 0 Å². The number of nitrogens with zero attached hydrogens (tertiary/aromatic N) is 4. The van der Waals surface area contributed by atoms with Gasteiger partial charge < -0.3 is 0 Å². The van der Waals surface area contributed by atoms with Crippen molar-refractivity contribution in [3.05, 3.63) is 144 Å². The fourth-order valence-electron chi connectivity index (χ4n) is 6.88. The standard InChI is InChI=1S/C40H28N4S/c1-40(2)24-23-33-36(40)29-21-22-31-35(34(29)28-18-10-12-20-32(28)45-33)27-17-9-11-19-30(27)44(31)39-42-37(25-13-5-3-6-14-25)41-38(43-39)26-15-7-4-8-16-26/h3-24H,1-2H3. The normalized spacial score (nSPS) is 14.8. The van der Waals surface area contributed by atoms with Gasteiger partial charge in [0, 0.05) is 42.7 Å². The molecule has 0 atom stereocenters. The molecule has 5 aromatic carbocycles. The molecule has 0 N–H and O–H groups in total. The second-order valence-electron chi connectivity index (χ2n) is 12.1. The van der Waals surface area contributed by atoms with E-state index in [4.69, 9.17) is 15.0 Å². The molecule has 0 radical (unpaired) electrons. The molecule has 7 aromatic rings. The number of hydrogen-bond donors (Lipinski definition) is 0. The van der Waals surface area contributed by atoms with Crippen molar-refractivity contribution in [3.63, 3.8) is 0 Å². The fraction of sp³-hybridized carbons (Fsp3) is 0.0750. The van der Waals surface area contributed by atoms with Crippen molar-refractivity contribution in [1.82, 2.24) is 19.5 Å². The summed E-state index contributed by atoms with van der Waals surface area (Å²) in [4.78, 5) is 17.8. The number of rotatable bonds is 3. The third kappa shape index (κ3) is 4.04. The summed E-state index contributed by atoms with van der Waals surface area (Å²) in [6.45, 7) is 4.64. The van der Waals surface area contributed by atoms with Crippen LogP contribution in [-0.2, 0) is 0 Å². The van der Waals surface area contributed by atoms with Gasteiger partial charge in [0.1, 0.15) is 0 Å². The van der Waals surface area contributed by atoms with Gasteiger partial charge in [0.05, 0.1) is 11.0 Å². The van der Waals surface area contributed by atoms with Crippen LogP contribution in [0.3, 0.4) is 0 Å². The summed E-state index contributed by atoms with van der Waals surface area (Å²) in [7, 11) is 0. The molecule has 0 unspecified atom stereocenters. The van der Waals surface area contributed by atoms with Gasteiger partial charge >= 0.3 is 0 Å². The van der Waals surface area contributed by atoms with Crippen LogP contribution in [0, 0.1) is 5.41 Å². The van der Waals surface area contributed by atoms with Gasteiger partial charge in [0.15, 0.2) is 11.6 Å². The highest BCUT2D eigenvalue weighted by molar-refractivity contribution is 8.03. The number of hydrogen-bond acceptors (Lipinski definition) is 4. The number of thioether (sulfide) groups is 1. The second kappa shape index (κ2) is 9.88. The molecule has 0 saturated heterocycles. The molecule has 4 nitrogen and oxygen atoms in total. The highest BCUT2D eigenvalue weighted by Gasteiger charge is 2.35. The van der Waals surface area contributed by atoms with Crippen molar-refractivity contribution in [2.24, 2.45) is 5.41 Å². The highest BCUT2D eigenvalue weighted by Crippen LogP contribution is 2.56. The molecule has 0 amide bonds. The van der Waals surface area contributed by atoms with Gasteiger partial charge in [-0.05, 0) is 34.9 Å². The summed E-state index contributed by atoms with van der Waals surface area (Å²) in [5.41, 5.74) is 9.18. The maximum Gasteiger partial charge on any atom is 0.238 e. The summed E-state index contributed by atoms with van der Waals surface area (Å²) >= 11 is 1.88. The van der Waals surface area contributed by atoms with Crippen LogP contribution in [0.25, 0.3) is 67.2 Å². The lowest BCUT2D eigenvalue weighted by atomic mass is 9.79. The zero-order chi connectivity index (χ0) is 30.1. The van der Waals surface area contributed by atoms with Gasteiger partial charge in [-0.1, -0.05) is 141 Å². The first-order chi connectivity index (χ1) is 22.1. The summed E-state index contributed by atoms with van der Waals surface area (Å²) in [5, 5.41) is 2.40. The fourth-order valence-corrected chi connectivity index (χ4v) is 8.15. The van der Waals surface area contributed by atoms with Crippen molar-refractivity contribution < 1.29 is 0 Å². The van der Waals surface area contributed by atoms with Gasteiger partial charge in [-0.3, -0.25) is 4.57 Å². The number of benzene rings is 5. The van der Waals surface area contributed by atoms with E-state index in [1.807, 2.05) is 48.2 Å². The Balaban J connectivity index is 1.40. The van der Waals surface area contributed by atoms with E-state index in [2.05, 4.69) is 115 Å². The Morgan fingerprint density at radius 2 is 1.24 bits per heavy atom.